The number of hydrogen-bond donors (Lipinski definition) is 0. The maximum atomic E-state index is 2.45. The van der Waals surface area contributed by atoms with Crippen LogP contribution < -0.4 is 0 Å². The minimum absolute atomic E-state index is 1.15. The number of fused-ring (bicyclic) bond motifs is 12. The summed E-state index contributed by atoms with van der Waals surface area (Å²) in [5.41, 5.74) is 19.3. The first-order chi connectivity index (χ1) is 32.6. The Labute approximate surface area is 381 Å². The zero-order valence-corrected chi connectivity index (χ0v) is 36.6. The first kappa shape index (κ1) is 36.8. The molecule has 0 aliphatic heterocycles. The van der Waals surface area contributed by atoms with E-state index in [1.54, 1.807) is 0 Å². The molecule has 4 heterocycles. The molecule has 14 aromatic rings. The van der Waals surface area contributed by atoms with E-state index in [2.05, 4.69) is 251 Å². The number of para-hydroxylation sites is 3. The van der Waals surface area contributed by atoms with Crippen LogP contribution in [0.4, 0.5) is 0 Å². The molecular weight excluding hydrogens is 801 g/mol. The molecule has 0 fully saturated rings. The molecule has 0 unspecified atom stereocenters. The van der Waals surface area contributed by atoms with Crippen LogP contribution in [0.1, 0.15) is 0 Å². The molecule has 0 radical (unpaired) electrons. The number of benzene rings is 10. The van der Waals surface area contributed by atoms with E-state index in [9.17, 15) is 0 Å². The summed E-state index contributed by atoms with van der Waals surface area (Å²) in [5.74, 6) is 0. The lowest BCUT2D eigenvalue weighted by atomic mass is 9.99. The number of rotatable bonds is 5. The van der Waals surface area contributed by atoms with Crippen LogP contribution in [-0.4, -0.2) is 18.3 Å². The number of aryl methyl sites for hydroxylation is 2. The van der Waals surface area contributed by atoms with Gasteiger partial charge in [0.1, 0.15) is 0 Å². The number of aromatic nitrogens is 4. The topological polar surface area (TPSA) is 19.7 Å². The third-order valence-electron chi connectivity index (χ3n) is 14.4. The maximum absolute atomic E-state index is 2.45. The molecule has 10 aromatic carbocycles. The van der Waals surface area contributed by atoms with E-state index in [0.29, 0.717) is 0 Å². The van der Waals surface area contributed by atoms with E-state index in [-0.39, 0.29) is 0 Å². The minimum atomic E-state index is 1.15. The molecule has 310 valence electrons. The molecule has 4 heteroatoms. The van der Waals surface area contributed by atoms with Crippen molar-refractivity contribution >= 4 is 87.2 Å². The summed E-state index contributed by atoms with van der Waals surface area (Å²) in [4.78, 5) is 0. The fourth-order valence-electron chi connectivity index (χ4n) is 11.2. The van der Waals surface area contributed by atoms with Gasteiger partial charge in [0.15, 0.2) is 0 Å². The normalized spacial score (nSPS) is 12.1. The molecule has 14 rings (SSSR count). The lowest BCUT2D eigenvalue weighted by molar-refractivity contribution is 1.01. The second kappa shape index (κ2) is 13.9. The van der Waals surface area contributed by atoms with E-state index < -0.39 is 0 Å². The van der Waals surface area contributed by atoms with Crippen molar-refractivity contribution < 1.29 is 0 Å². The van der Waals surface area contributed by atoms with Crippen LogP contribution in [-0.2, 0) is 14.1 Å². The van der Waals surface area contributed by atoms with E-state index >= 15 is 0 Å². The van der Waals surface area contributed by atoms with Gasteiger partial charge in [-0.1, -0.05) is 121 Å². The van der Waals surface area contributed by atoms with Gasteiger partial charge in [-0.05, 0) is 130 Å². The predicted molar refractivity (Wildman–Crippen MR) is 279 cm³/mol. The molecule has 0 aliphatic rings. The van der Waals surface area contributed by atoms with Crippen molar-refractivity contribution in [3.05, 3.63) is 218 Å². The third-order valence-corrected chi connectivity index (χ3v) is 14.4. The van der Waals surface area contributed by atoms with Gasteiger partial charge in [-0.2, -0.15) is 0 Å². The lowest BCUT2D eigenvalue weighted by Crippen LogP contribution is -1.94. The molecule has 0 saturated carbocycles. The Bertz CT molecular complexity index is 4310. The highest BCUT2D eigenvalue weighted by molar-refractivity contribution is 6.15. The van der Waals surface area contributed by atoms with Gasteiger partial charge in [0.25, 0.3) is 0 Å². The van der Waals surface area contributed by atoms with Gasteiger partial charge < -0.3 is 18.3 Å². The fraction of sp³-hybridized carbons (Fsp3) is 0.0323. The summed E-state index contributed by atoms with van der Waals surface area (Å²) in [5, 5.41) is 10.1. The summed E-state index contributed by atoms with van der Waals surface area (Å²) < 4.78 is 9.49. The summed E-state index contributed by atoms with van der Waals surface area (Å²) in [7, 11) is 4.32. The van der Waals surface area contributed by atoms with Crippen molar-refractivity contribution in [3.63, 3.8) is 0 Å². The lowest BCUT2D eigenvalue weighted by Gasteiger charge is -2.11. The molecule has 66 heavy (non-hydrogen) atoms. The van der Waals surface area contributed by atoms with Crippen LogP contribution >= 0.6 is 0 Å². The van der Waals surface area contributed by atoms with E-state index in [1.165, 1.54) is 121 Å². The Morgan fingerprint density at radius 1 is 0.212 bits per heavy atom. The van der Waals surface area contributed by atoms with E-state index in [4.69, 9.17) is 0 Å². The highest BCUT2D eigenvalue weighted by Gasteiger charge is 2.19. The predicted octanol–water partition coefficient (Wildman–Crippen LogP) is 16.2. The molecule has 0 aliphatic carbocycles. The van der Waals surface area contributed by atoms with Gasteiger partial charge in [-0.25, -0.2) is 0 Å². The number of hydrogen-bond acceptors (Lipinski definition) is 0. The first-order valence-corrected chi connectivity index (χ1v) is 22.8. The highest BCUT2D eigenvalue weighted by Crippen LogP contribution is 2.41. The molecule has 4 aromatic heterocycles. The fourth-order valence-corrected chi connectivity index (χ4v) is 11.2. The molecule has 0 amide bonds. The largest absolute Gasteiger partial charge is 0.344 e. The Morgan fingerprint density at radius 3 is 1.11 bits per heavy atom. The monoisotopic (exact) mass is 842 g/mol. The molecule has 0 spiro atoms. The van der Waals surface area contributed by atoms with Crippen LogP contribution in [0, 0.1) is 0 Å². The van der Waals surface area contributed by atoms with Crippen LogP contribution in [0.5, 0.6) is 0 Å². The van der Waals surface area contributed by atoms with Crippen LogP contribution in [0.3, 0.4) is 0 Å². The Kier molecular flexibility index (Phi) is 7.79. The SMILES string of the molecule is Cn1c2ccccc2c2cc(-c3cccc(-n4c5ccccc5c5cc(-c6ccc7c(c6)c6cc(-c8ccccc8)ccc6n7-c6ccc7c(c6)c6ccccc6n7C)ccc54)c3)ccc21. The second-order valence-electron chi connectivity index (χ2n) is 17.9. The zero-order valence-electron chi connectivity index (χ0n) is 36.6. The van der Waals surface area contributed by atoms with Gasteiger partial charge in [0.2, 0.25) is 0 Å². The van der Waals surface area contributed by atoms with Gasteiger partial charge in [0.05, 0.1) is 22.1 Å². The smallest absolute Gasteiger partial charge is 0.0541 e. The van der Waals surface area contributed by atoms with Gasteiger partial charge >= 0.3 is 0 Å². The quantitative estimate of drug-likeness (QED) is 0.164. The van der Waals surface area contributed by atoms with E-state index in [1.807, 2.05) is 0 Å². The Hall–Kier alpha value is -8.60. The molecule has 0 saturated heterocycles. The Morgan fingerprint density at radius 2 is 0.545 bits per heavy atom. The molecule has 0 N–H and O–H groups in total. The van der Waals surface area contributed by atoms with Gasteiger partial charge in [0, 0.05) is 90.6 Å². The van der Waals surface area contributed by atoms with Crippen molar-refractivity contribution in [2.24, 2.45) is 14.1 Å². The van der Waals surface area contributed by atoms with Gasteiger partial charge in [-0.15, -0.1) is 0 Å². The van der Waals surface area contributed by atoms with Gasteiger partial charge in [-0.3, -0.25) is 0 Å². The average molecular weight is 843 g/mol. The molecular formula is C62H42N4. The van der Waals surface area contributed by atoms with Crippen LogP contribution in [0.25, 0.3) is 132 Å². The summed E-state index contributed by atoms with van der Waals surface area (Å²) >= 11 is 0. The van der Waals surface area contributed by atoms with Crippen molar-refractivity contribution in [2.75, 3.05) is 0 Å². The van der Waals surface area contributed by atoms with Crippen molar-refractivity contribution in [1.29, 1.82) is 0 Å². The number of nitrogens with zero attached hydrogens (tertiary/aromatic N) is 4. The third kappa shape index (κ3) is 5.33. The first-order valence-electron chi connectivity index (χ1n) is 22.8. The minimum Gasteiger partial charge on any atom is -0.344 e. The highest BCUT2D eigenvalue weighted by atomic mass is 15.0. The second-order valence-corrected chi connectivity index (χ2v) is 17.9. The standard InChI is InChI=1S/C62H42N4/c1-63-55-20-9-6-17-47(55)50-35-42(23-28-57(50)63)40-15-12-16-45(33-40)65-59-22-11-8-19-49(59)51-36-43(25-30-60(51)65)44-26-31-62-53(37-44)52-34-41(39-13-4-3-5-14-39)24-29-61(52)66(62)46-27-32-58-54(38-46)48-18-7-10-21-56(48)64(58)2/h3-38H,1-2H3. The molecule has 4 nitrogen and oxygen atoms in total. The zero-order chi connectivity index (χ0) is 43.6. The van der Waals surface area contributed by atoms with Crippen LogP contribution in [0.15, 0.2) is 218 Å². The average Bonchev–Trinajstić information content (AvgIpc) is 4.08. The van der Waals surface area contributed by atoms with Crippen molar-refractivity contribution in [3.8, 4) is 44.8 Å². The van der Waals surface area contributed by atoms with E-state index in [0.717, 1.165) is 11.4 Å². The summed E-state index contributed by atoms with van der Waals surface area (Å²) in [6.45, 7) is 0. The molecule has 0 bridgehead atoms. The maximum Gasteiger partial charge on any atom is 0.0541 e. The van der Waals surface area contributed by atoms with Crippen molar-refractivity contribution in [1.82, 2.24) is 18.3 Å². The summed E-state index contributed by atoms with van der Waals surface area (Å²) in [6, 6.07) is 80.9. The molecule has 0 atom stereocenters. The van der Waals surface area contributed by atoms with Crippen molar-refractivity contribution in [2.45, 2.75) is 0 Å². The van der Waals surface area contributed by atoms with Crippen LogP contribution in [0.2, 0.25) is 0 Å². The Balaban J connectivity index is 0.923. The summed E-state index contributed by atoms with van der Waals surface area (Å²) in [6.07, 6.45) is 0.